The van der Waals surface area contributed by atoms with Gasteiger partial charge in [0.05, 0.1) is 5.56 Å². The van der Waals surface area contributed by atoms with Gasteiger partial charge in [0.25, 0.3) is 0 Å². The standard InChI is InChI=1S/C24H34N2O2/c1-18-22(23(27)28-24(2)12-5-3-6-13-24)20-17-19(9-10-21(20)25-18)11-16-26-14-7-4-8-15-26/h9-10,17,25H,3-8,11-16H2,1-2H3. The molecule has 0 spiro atoms. The summed E-state index contributed by atoms with van der Waals surface area (Å²) in [6.07, 6.45) is 10.5. The van der Waals surface area contributed by atoms with Gasteiger partial charge in [0.2, 0.25) is 0 Å². The van der Waals surface area contributed by atoms with E-state index in [1.807, 2.05) is 6.92 Å². The lowest BCUT2D eigenvalue weighted by Crippen LogP contribution is -2.34. The predicted molar refractivity (Wildman–Crippen MR) is 114 cm³/mol. The van der Waals surface area contributed by atoms with Crippen LogP contribution in [0.15, 0.2) is 18.2 Å². The van der Waals surface area contributed by atoms with Crippen LogP contribution in [0.2, 0.25) is 0 Å². The van der Waals surface area contributed by atoms with Crippen molar-refractivity contribution in [2.75, 3.05) is 19.6 Å². The molecule has 1 N–H and O–H groups in total. The first-order valence-electron chi connectivity index (χ1n) is 11.1. The third-order valence-electron chi connectivity index (χ3n) is 6.67. The van der Waals surface area contributed by atoms with E-state index in [0.717, 1.165) is 60.8 Å². The van der Waals surface area contributed by atoms with E-state index in [2.05, 4.69) is 35.0 Å². The second kappa shape index (κ2) is 8.28. The van der Waals surface area contributed by atoms with Crippen LogP contribution in [0.1, 0.15) is 79.9 Å². The van der Waals surface area contributed by atoms with Crippen molar-refractivity contribution in [3.05, 3.63) is 35.0 Å². The Hall–Kier alpha value is -1.81. The molecule has 0 atom stereocenters. The van der Waals surface area contributed by atoms with Gasteiger partial charge in [-0.15, -0.1) is 0 Å². The van der Waals surface area contributed by atoms with Gasteiger partial charge >= 0.3 is 5.97 Å². The van der Waals surface area contributed by atoms with Crippen molar-refractivity contribution in [3.63, 3.8) is 0 Å². The first-order chi connectivity index (χ1) is 13.5. The highest BCUT2D eigenvalue weighted by atomic mass is 16.6. The molecule has 1 aliphatic heterocycles. The molecule has 0 radical (unpaired) electrons. The van der Waals surface area contributed by atoms with Crippen LogP contribution in [-0.4, -0.2) is 41.1 Å². The van der Waals surface area contributed by atoms with Gasteiger partial charge in [-0.1, -0.05) is 18.9 Å². The molecular formula is C24H34N2O2. The van der Waals surface area contributed by atoms with E-state index in [1.165, 1.54) is 44.3 Å². The van der Waals surface area contributed by atoms with Crippen molar-refractivity contribution in [2.24, 2.45) is 0 Å². The average molecular weight is 383 g/mol. The van der Waals surface area contributed by atoms with Gasteiger partial charge in [0.1, 0.15) is 5.60 Å². The molecule has 2 aliphatic rings. The molecule has 1 aromatic heterocycles. The number of hydrogen-bond acceptors (Lipinski definition) is 3. The predicted octanol–water partition coefficient (Wildman–Crippen LogP) is 5.38. The number of aromatic amines is 1. The minimum Gasteiger partial charge on any atom is -0.456 e. The number of nitrogens with zero attached hydrogens (tertiary/aromatic N) is 1. The number of carbonyl (C=O) groups is 1. The molecule has 4 heteroatoms. The molecule has 1 saturated heterocycles. The molecule has 2 fully saturated rings. The fraction of sp³-hybridized carbons (Fsp3) is 0.625. The summed E-state index contributed by atoms with van der Waals surface area (Å²) in [4.78, 5) is 19.0. The molecule has 4 nitrogen and oxygen atoms in total. The number of hydrogen-bond donors (Lipinski definition) is 1. The van der Waals surface area contributed by atoms with E-state index >= 15 is 0 Å². The van der Waals surface area contributed by atoms with Crippen LogP contribution in [0.3, 0.4) is 0 Å². The normalized spacial score (nSPS) is 20.4. The summed E-state index contributed by atoms with van der Waals surface area (Å²) in [5, 5.41) is 1.01. The summed E-state index contributed by atoms with van der Waals surface area (Å²) in [6, 6.07) is 6.51. The van der Waals surface area contributed by atoms with Crippen LogP contribution in [0.25, 0.3) is 10.9 Å². The van der Waals surface area contributed by atoms with Crippen molar-refractivity contribution in [1.82, 2.24) is 9.88 Å². The maximum absolute atomic E-state index is 13.1. The Kier molecular flexibility index (Phi) is 5.77. The van der Waals surface area contributed by atoms with Crippen LogP contribution in [-0.2, 0) is 11.2 Å². The van der Waals surface area contributed by atoms with Crippen molar-refractivity contribution in [2.45, 2.75) is 77.2 Å². The number of esters is 1. The number of H-pyrrole nitrogens is 1. The van der Waals surface area contributed by atoms with E-state index < -0.39 is 0 Å². The van der Waals surface area contributed by atoms with Crippen LogP contribution in [0.4, 0.5) is 0 Å². The zero-order chi connectivity index (χ0) is 19.6. The molecule has 0 amide bonds. The topological polar surface area (TPSA) is 45.3 Å². The molecule has 0 bridgehead atoms. The average Bonchev–Trinajstić information content (AvgIpc) is 3.02. The van der Waals surface area contributed by atoms with Crippen molar-refractivity contribution < 1.29 is 9.53 Å². The second-order valence-electron chi connectivity index (χ2n) is 9.06. The van der Waals surface area contributed by atoms with Crippen LogP contribution >= 0.6 is 0 Å². The summed E-state index contributed by atoms with van der Waals surface area (Å²) in [6.45, 7) is 7.63. The monoisotopic (exact) mass is 382 g/mol. The summed E-state index contributed by atoms with van der Waals surface area (Å²) >= 11 is 0. The molecule has 1 aromatic carbocycles. The Morgan fingerprint density at radius 1 is 1.11 bits per heavy atom. The van der Waals surface area contributed by atoms with Gasteiger partial charge in [0.15, 0.2) is 0 Å². The minimum atomic E-state index is -0.308. The van der Waals surface area contributed by atoms with Crippen molar-refractivity contribution in [3.8, 4) is 0 Å². The number of piperidine rings is 1. The zero-order valence-corrected chi connectivity index (χ0v) is 17.5. The summed E-state index contributed by atoms with van der Waals surface area (Å²) in [5.41, 5.74) is 3.65. The van der Waals surface area contributed by atoms with Crippen molar-refractivity contribution >= 4 is 16.9 Å². The molecular weight excluding hydrogens is 348 g/mol. The third-order valence-corrected chi connectivity index (χ3v) is 6.67. The molecule has 152 valence electrons. The van der Waals surface area contributed by atoms with E-state index in [1.54, 1.807) is 0 Å². The Bertz CT molecular complexity index is 826. The lowest BCUT2D eigenvalue weighted by Gasteiger charge is -2.33. The lowest BCUT2D eigenvalue weighted by molar-refractivity contribution is -0.0267. The number of likely N-dealkylation sites (tertiary alicyclic amines) is 1. The van der Waals surface area contributed by atoms with Gasteiger partial charge in [0, 0.05) is 23.1 Å². The number of ether oxygens (including phenoxy) is 1. The van der Waals surface area contributed by atoms with Gasteiger partial charge in [-0.3, -0.25) is 0 Å². The van der Waals surface area contributed by atoms with Gasteiger partial charge in [-0.25, -0.2) is 4.79 Å². The van der Waals surface area contributed by atoms with E-state index in [0.29, 0.717) is 0 Å². The Morgan fingerprint density at radius 2 is 1.82 bits per heavy atom. The molecule has 2 aromatic rings. The SMILES string of the molecule is Cc1[nH]c2ccc(CCN3CCCCC3)cc2c1C(=O)OC1(C)CCCCC1. The number of aryl methyl sites for hydroxylation is 1. The highest BCUT2D eigenvalue weighted by Gasteiger charge is 2.32. The third kappa shape index (κ3) is 4.27. The number of aromatic nitrogens is 1. The number of rotatable bonds is 5. The first-order valence-corrected chi connectivity index (χ1v) is 11.1. The lowest BCUT2D eigenvalue weighted by atomic mass is 9.86. The Labute approximate surface area is 168 Å². The van der Waals surface area contributed by atoms with Crippen molar-refractivity contribution in [1.29, 1.82) is 0 Å². The summed E-state index contributed by atoms with van der Waals surface area (Å²) < 4.78 is 6.04. The fourth-order valence-electron chi connectivity index (χ4n) is 4.94. The molecule has 0 unspecified atom stereocenters. The Balaban J connectivity index is 1.52. The quantitative estimate of drug-likeness (QED) is 0.706. The molecule has 1 saturated carbocycles. The van der Waals surface area contributed by atoms with Gasteiger partial charge in [-0.05, 0) is 89.6 Å². The number of nitrogens with one attached hydrogen (secondary N) is 1. The second-order valence-corrected chi connectivity index (χ2v) is 9.06. The minimum absolute atomic E-state index is 0.165. The van der Waals surface area contributed by atoms with Gasteiger partial charge in [-0.2, -0.15) is 0 Å². The maximum atomic E-state index is 13.1. The number of carbonyl (C=O) groups excluding carboxylic acids is 1. The highest BCUT2D eigenvalue weighted by Crippen LogP contribution is 2.33. The molecule has 2 heterocycles. The fourth-order valence-corrected chi connectivity index (χ4v) is 4.94. The van der Waals surface area contributed by atoms with E-state index in [4.69, 9.17) is 4.74 Å². The van der Waals surface area contributed by atoms with Gasteiger partial charge < -0.3 is 14.6 Å². The molecule has 4 rings (SSSR count). The Morgan fingerprint density at radius 3 is 2.57 bits per heavy atom. The first kappa shape index (κ1) is 19.5. The zero-order valence-electron chi connectivity index (χ0n) is 17.5. The van der Waals surface area contributed by atoms with E-state index in [-0.39, 0.29) is 11.6 Å². The maximum Gasteiger partial charge on any atom is 0.341 e. The largest absolute Gasteiger partial charge is 0.456 e. The van der Waals surface area contributed by atoms with Crippen LogP contribution in [0, 0.1) is 6.92 Å². The van der Waals surface area contributed by atoms with Crippen LogP contribution in [0.5, 0.6) is 0 Å². The highest BCUT2D eigenvalue weighted by molar-refractivity contribution is 6.05. The number of benzene rings is 1. The number of fused-ring (bicyclic) bond motifs is 1. The smallest absolute Gasteiger partial charge is 0.341 e. The van der Waals surface area contributed by atoms with Crippen LogP contribution < -0.4 is 0 Å². The molecule has 1 aliphatic carbocycles. The van der Waals surface area contributed by atoms with E-state index in [9.17, 15) is 4.79 Å². The summed E-state index contributed by atoms with van der Waals surface area (Å²) in [7, 11) is 0. The molecule has 28 heavy (non-hydrogen) atoms. The summed E-state index contributed by atoms with van der Waals surface area (Å²) in [5.74, 6) is -0.165.